The fourth-order valence-electron chi connectivity index (χ4n) is 2.77. The van der Waals surface area contributed by atoms with Crippen molar-refractivity contribution in [2.45, 2.75) is 44.9 Å². The molecule has 0 aromatic heterocycles. The van der Waals surface area contributed by atoms with Crippen LogP contribution in [0.25, 0.3) is 0 Å². The summed E-state index contributed by atoms with van der Waals surface area (Å²) in [5.41, 5.74) is 0. The Morgan fingerprint density at radius 2 is 1.50 bits per heavy atom. The summed E-state index contributed by atoms with van der Waals surface area (Å²) in [6.07, 6.45) is 12.6. The van der Waals surface area contributed by atoms with E-state index in [4.69, 9.17) is 0 Å². The van der Waals surface area contributed by atoms with E-state index < -0.39 is 0 Å². The Hall–Kier alpha value is -0.260. The van der Waals surface area contributed by atoms with Gasteiger partial charge in [0.2, 0.25) is 0 Å². The summed E-state index contributed by atoms with van der Waals surface area (Å²) in [5, 5.41) is 0. The van der Waals surface area contributed by atoms with Gasteiger partial charge in [0, 0.05) is 0 Å². The Morgan fingerprint density at radius 1 is 0.917 bits per heavy atom. The number of hydrogen-bond donors (Lipinski definition) is 0. The molecule has 2 aliphatic rings. The second kappa shape index (κ2) is 3.64. The van der Waals surface area contributed by atoms with Gasteiger partial charge in [0.05, 0.1) is 0 Å². The number of rotatable bonds is 3. The molecule has 0 aliphatic heterocycles. The Balaban J connectivity index is 1.89. The minimum Gasteiger partial charge on any atom is -0.103 e. The van der Waals surface area contributed by atoms with Crippen molar-refractivity contribution in [3.63, 3.8) is 0 Å². The van der Waals surface area contributed by atoms with E-state index in [-0.39, 0.29) is 0 Å². The Kier molecular flexibility index (Phi) is 2.53. The van der Waals surface area contributed by atoms with Crippen LogP contribution in [0.5, 0.6) is 0 Å². The highest BCUT2D eigenvalue weighted by molar-refractivity contribution is 4.95. The van der Waals surface area contributed by atoms with Gasteiger partial charge in [-0.05, 0) is 43.4 Å². The van der Waals surface area contributed by atoms with E-state index in [9.17, 15) is 0 Å². The molecule has 68 valence electrons. The predicted molar refractivity (Wildman–Crippen MR) is 53.0 cm³/mol. The summed E-state index contributed by atoms with van der Waals surface area (Å²) in [7, 11) is 0. The van der Waals surface area contributed by atoms with Crippen LogP contribution in [0.2, 0.25) is 0 Å². The molecule has 0 aromatic rings. The summed E-state index contributed by atoms with van der Waals surface area (Å²) in [5.74, 6) is 2.92. The van der Waals surface area contributed by atoms with E-state index in [0.29, 0.717) is 0 Å². The molecular weight excluding hydrogens is 144 g/mol. The van der Waals surface area contributed by atoms with Crippen LogP contribution < -0.4 is 0 Å². The van der Waals surface area contributed by atoms with Gasteiger partial charge < -0.3 is 0 Å². The van der Waals surface area contributed by atoms with E-state index in [0.717, 1.165) is 17.8 Å². The molecule has 2 fully saturated rings. The minimum atomic E-state index is 0.880. The van der Waals surface area contributed by atoms with Crippen molar-refractivity contribution in [2.75, 3.05) is 0 Å². The summed E-state index contributed by atoms with van der Waals surface area (Å²) in [4.78, 5) is 0. The Labute approximate surface area is 76.1 Å². The van der Waals surface area contributed by atoms with Crippen LogP contribution in [-0.4, -0.2) is 0 Å². The van der Waals surface area contributed by atoms with Gasteiger partial charge in [0.25, 0.3) is 0 Å². The zero-order valence-corrected chi connectivity index (χ0v) is 7.97. The highest BCUT2D eigenvalue weighted by atomic mass is 14.4. The molecule has 0 saturated heterocycles. The smallest absolute Gasteiger partial charge is 0.0179 e. The van der Waals surface area contributed by atoms with Gasteiger partial charge in [-0.2, -0.15) is 0 Å². The van der Waals surface area contributed by atoms with Gasteiger partial charge in [-0.3, -0.25) is 0 Å². The maximum absolute atomic E-state index is 4.00. The van der Waals surface area contributed by atoms with Crippen molar-refractivity contribution in [2.24, 2.45) is 17.8 Å². The molecular formula is C12H20. The van der Waals surface area contributed by atoms with Gasteiger partial charge in [0.15, 0.2) is 0 Å². The molecule has 2 rings (SSSR count). The van der Waals surface area contributed by atoms with Crippen LogP contribution in [0.1, 0.15) is 44.9 Å². The molecule has 0 heterocycles. The van der Waals surface area contributed by atoms with E-state index in [1.165, 1.54) is 44.9 Å². The van der Waals surface area contributed by atoms with Crippen LogP contribution in [0.4, 0.5) is 0 Å². The highest BCUT2D eigenvalue weighted by Gasteiger charge is 2.34. The average Bonchev–Trinajstić information content (AvgIpc) is 2.92. The standard InChI is InChI=1S/C12H20/c1-2-12(11-8-9-11)10-6-4-3-5-7-10/h2,10-12H,1,3-9H2. The third-order valence-corrected chi connectivity index (χ3v) is 3.63. The molecule has 0 nitrogen and oxygen atoms in total. The third-order valence-electron chi connectivity index (χ3n) is 3.63. The van der Waals surface area contributed by atoms with Crippen LogP contribution in [0.15, 0.2) is 12.7 Å². The van der Waals surface area contributed by atoms with Crippen LogP contribution in [0, 0.1) is 17.8 Å². The SMILES string of the molecule is C=CC(C1CCCCC1)C1CC1. The summed E-state index contributed by atoms with van der Waals surface area (Å²) < 4.78 is 0. The largest absolute Gasteiger partial charge is 0.103 e. The fraction of sp³-hybridized carbons (Fsp3) is 0.833. The van der Waals surface area contributed by atoms with Crippen LogP contribution >= 0.6 is 0 Å². The molecule has 1 unspecified atom stereocenters. The lowest BCUT2D eigenvalue weighted by Gasteiger charge is -2.28. The van der Waals surface area contributed by atoms with Gasteiger partial charge in [-0.15, -0.1) is 6.58 Å². The zero-order valence-electron chi connectivity index (χ0n) is 7.97. The van der Waals surface area contributed by atoms with Gasteiger partial charge in [0.1, 0.15) is 0 Å². The quantitative estimate of drug-likeness (QED) is 0.557. The summed E-state index contributed by atoms with van der Waals surface area (Å²) in [6.45, 7) is 4.00. The molecule has 2 aliphatic carbocycles. The number of allylic oxidation sites excluding steroid dienone is 1. The summed E-state index contributed by atoms with van der Waals surface area (Å²) >= 11 is 0. The normalized spacial score (nSPS) is 28.3. The van der Waals surface area contributed by atoms with Crippen molar-refractivity contribution in [3.8, 4) is 0 Å². The van der Waals surface area contributed by atoms with Gasteiger partial charge >= 0.3 is 0 Å². The second-order valence-corrected chi connectivity index (χ2v) is 4.55. The lowest BCUT2D eigenvalue weighted by molar-refractivity contribution is 0.265. The molecule has 0 heteroatoms. The molecule has 0 aromatic carbocycles. The van der Waals surface area contributed by atoms with Crippen molar-refractivity contribution in [1.82, 2.24) is 0 Å². The molecule has 0 amide bonds. The molecule has 0 bridgehead atoms. The number of hydrogen-bond acceptors (Lipinski definition) is 0. The molecule has 0 radical (unpaired) electrons. The van der Waals surface area contributed by atoms with Gasteiger partial charge in [-0.1, -0.05) is 25.3 Å². The summed E-state index contributed by atoms with van der Waals surface area (Å²) in [6, 6.07) is 0. The maximum Gasteiger partial charge on any atom is -0.0179 e. The second-order valence-electron chi connectivity index (χ2n) is 4.55. The van der Waals surface area contributed by atoms with Crippen molar-refractivity contribution < 1.29 is 0 Å². The van der Waals surface area contributed by atoms with Crippen molar-refractivity contribution in [3.05, 3.63) is 12.7 Å². The minimum absolute atomic E-state index is 0.880. The topological polar surface area (TPSA) is 0 Å². The zero-order chi connectivity index (χ0) is 8.39. The van der Waals surface area contributed by atoms with Crippen molar-refractivity contribution >= 4 is 0 Å². The first kappa shape index (κ1) is 8.34. The first-order valence-electron chi connectivity index (χ1n) is 5.54. The Morgan fingerprint density at radius 3 is 2.00 bits per heavy atom. The molecule has 12 heavy (non-hydrogen) atoms. The average molecular weight is 164 g/mol. The molecule has 0 spiro atoms. The van der Waals surface area contributed by atoms with E-state index >= 15 is 0 Å². The maximum atomic E-state index is 4.00. The first-order valence-corrected chi connectivity index (χ1v) is 5.54. The van der Waals surface area contributed by atoms with Crippen LogP contribution in [-0.2, 0) is 0 Å². The lowest BCUT2D eigenvalue weighted by Crippen LogP contribution is -2.17. The lowest BCUT2D eigenvalue weighted by atomic mass is 9.78. The van der Waals surface area contributed by atoms with E-state index in [1.54, 1.807) is 0 Å². The first-order chi connectivity index (χ1) is 5.92. The molecule has 2 saturated carbocycles. The molecule has 1 atom stereocenters. The highest BCUT2D eigenvalue weighted by Crippen LogP contribution is 2.45. The predicted octanol–water partition coefficient (Wildman–Crippen LogP) is 3.78. The Bertz CT molecular complexity index is 149. The van der Waals surface area contributed by atoms with Crippen LogP contribution in [0.3, 0.4) is 0 Å². The van der Waals surface area contributed by atoms with Crippen molar-refractivity contribution in [1.29, 1.82) is 0 Å². The fourth-order valence-corrected chi connectivity index (χ4v) is 2.77. The molecule has 0 N–H and O–H groups in total. The van der Waals surface area contributed by atoms with E-state index in [2.05, 4.69) is 12.7 Å². The monoisotopic (exact) mass is 164 g/mol. The van der Waals surface area contributed by atoms with E-state index in [1.807, 2.05) is 0 Å². The van der Waals surface area contributed by atoms with Gasteiger partial charge in [-0.25, -0.2) is 0 Å². The third kappa shape index (κ3) is 1.73.